The van der Waals surface area contributed by atoms with Gasteiger partial charge in [-0.15, -0.1) is 0 Å². The highest BCUT2D eigenvalue weighted by molar-refractivity contribution is 5.69. The van der Waals surface area contributed by atoms with Crippen LogP contribution in [0.4, 0.5) is 0 Å². The van der Waals surface area contributed by atoms with E-state index in [1.54, 1.807) is 0 Å². The van der Waals surface area contributed by atoms with Gasteiger partial charge in [0.15, 0.2) is 0 Å². The topological polar surface area (TPSA) is 83.8 Å². The van der Waals surface area contributed by atoms with Crippen molar-refractivity contribution in [2.45, 2.75) is 19.3 Å². The van der Waals surface area contributed by atoms with Crippen molar-refractivity contribution in [1.29, 1.82) is 0 Å². The molecular formula is C7H12O5. The fraction of sp³-hybridized carbons (Fsp3) is 0.714. The van der Waals surface area contributed by atoms with Crippen LogP contribution in [0, 0.1) is 0 Å². The van der Waals surface area contributed by atoms with Crippen LogP contribution in [0.3, 0.4) is 0 Å². The Morgan fingerprint density at radius 1 is 1.25 bits per heavy atom. The van der Waals surface area contributed by atoms with Gasteiger partial charge in [-0.3, -0.25) is 9.59 Å². The molecule has 0 heterocycles. The highest BCUT2D eigenvalue weighted by atomic mass is 16.5. The van der Waals surface area contributed by atoms with Crippen LogP contribution in [0.2, 0.25) is 0 Å². The number of aliphatic hydroxyl groups is 1. The monoisotopic (exact) mass is 176 g/mol. The van der Waals surface area contributed by atoms with Gasteiger partial charge in [-0.1, -0.05) is 0 Å². The fourth-order valence-corrected chi connectivity index (χ4v) is 0.573. The SMILES string of the molecule is O=C(O)CCCOC(=O)CCO. The average molecular weight is 176 g/mol. The number of hydrogen-bond donors (Lipinski definition) is 2. The molecule has 5 heteroatoms. The second-order valence-electron chi connectivity index (χ2n) is 2.19. The molecule has 0 aliphatic carbocycles. The first-order chi connectivity index (χ1) is 5.66. The number of ether oxygens (including phenoxy) is 1. The molecule has 0 unspecified atom stereocenters. The average Bonchev–Trinajstić information content (AvgIpc) is 1.98. The molecule has 70 valence electrons. The molecule has 0 aromatic carbocycles. The molecule has 0 saturated heterocycles. The summed E-state index contributed by atoms with van der Waals surface area (Å²) in [6.07, 6.45) is 0.270. The molecular weight excluding hydrogens is 164 g/mol. The molecule has 5 nitrogen and oxygen atoms in total. The second kappa shape index (κ2) is 6.60. The van der Waals surface area contributed by atoms with Crippen molar-refractivity contribution in [2.24, 2.45) is 0 Å². The minimum Gasteiger partial charge on any atom is -0.481 e. The van der Waals surface area contributed by atoms with Crippen LogP contribution in [0.5, 0.6) is 0 Å². The van der Waals surface area contributed by atoms with Crippen LogP contribution in [-0.4, -0.2) is 35.4 Å². The van der Waals surface area contributed by atoms with Crippen molar-refractivity contribution < 1.29 is 24.5 Å². The van der Waals surface area contributed by atoms with Crippen molar-refractivity contribution in [3.63, 3.8) is 0 Å². The number of hydrogen-bond acceptors (Lipinski definition) is 4. The minimum atomic E-state index is -0.909. The van der Waals surface area contributed by atoms with Crippen LogP contribution < -0.4 is 0 Å². The predicted molar refractivity (Wildman–Crippen MR) is 39.5 cm³/mol. The molecule has 0 atom stereocenters. The zero-order chi connectivity index (χ0) is 9.40. The van der Waals surface area contributed by atoms with Gasteiger partial charge in [-0.2, -0.15) is 0 Å². The van der Waals surface area contributed by atoms with Crippen molar-refractivity contribution in [1.82, 2.24) is 0 Å². The number of aliphatic carboxylic acids is 1. The van der Waals surface area contributed by atoms with Gasteiger partial charge in [0.2, 0.25) is 0 Å². The summed E-state index contributed by atoms with van der Waals surface area (Å²) in [6, 6.07) is 0. The maximum Gasteiger partial charge on any atom is 0.308 e. The van der Waals surface area contributed by atoms with Gasteiger partial charge in [-0.05, 0) is 6.42 Å². The van der Waals surface area contributed by atoms with Crippen molar-refractivity contribution in [3.05, 3.63) is 0 Å². The van der Waals surface area contributed by atoms with Gasteiger partial charge < -0.3 is 14.9 Å². The Bertz CT molecular complexity index is 154. The van der Waals surface area contributed by atoms with E-state index in [9.17, 15) is 9.59 Å². The van der Waals surface area contributed by atoms with Crippen molar-refractivity contribution in [2.75, 3.05) is 13.2 Å². The van der Waals surface area contributed by atoms with Gasteiger partial charge in [0.05, 0.1) is 19.6 Å². The Hall–Kier alpha value is -1.10. The summed E-state index contributed by atoms with van der Waals surface area (Å²) in [6.45, 7) is -0.136. The minimum absolute atomic E-state index is 0.00753. The lowest BCUT2D eigenvalue weighted by Crippen LogP contribution is -2.08. The van der Waals surface area contributed by atoms with Gasteiger partial charge in [0, 0.05) is 6.42 Å². The van der Waals surface area contributed by atoms with Crippen molar-refractivity contribution >= 4 is 11.9 Å². The first-order valence-electron chi connectivity index (χ1n) is 3.65. The number of carbonyl (C=O) groups excluding carboxylic acids is 1. The van der Waals surface area contributed by atoms with E-state index >= 15 is 0 Å². The van der Waals surface area contributed by atoms with E-state index in [0.29, 0.717) is 6.42 Å². The van der Waals surface area contributed by atoms with E-state index in [2.05, 4.69) is 4.74 Å². The summed E-state index contributed by atoms with van der Waals surface area (Å²) in [7, 11) is 0. The fourth-order valence-electron chi connectivity index (χ4n) is 0.573. The van der Waals surface area contributed by atoms with Crippen LogP contribution in [-0.2, 0) is 14.3 Å². The number of esters is 1. The molecule has 0 rings (SSSR count). The standard InChI is InChI=1S/C7H12O5/c8-4-3-7(11)12-5-1-2-6(9)10/h8H,1-5H2,(H,9,10). The molecule has 0 spiro atoms. The molecule has 0 fully saturated rings. The molecule has 0 saturated carbocycles. The largest absolute Gasteiger partial charge is 0.481 e. The quantitative estimate of drug-likeness (QED) is 0.431. The number of carboxylic acids is 1. The Morgan fingerprint density at radius 2 is 1.92 bits per heavy atom. The highest BCUT2D eigenvalue weighted by Crippen LogP contribution is 1.92. The van der Waals surface area contributed by atoms with E-state index in [1.165, 1.54) is 0 Å². The molecule has 0 aromatic heterocycles. The summed E-state index contributed by atoms with van der Waals surface area (Å²) in [5.74, 6) is -1.41. The molecule has 0 aliphatic heterocycles. The molecule has 2 N–H and O–H groups in total. The van der Waals surface area contributed by atoms with Crippen LogP contribution in [0.25, 0.3) is 0 Å². The molecule has 0 aromatic rings. The van der Waals surface area contributed by atoms with Gasteiger partial charge in [0.25, 0.3) is 0 Å². The lowest BCUT2D eigenvalue weighted by molar-refractivity contribution is -0.146. The van der Waals surface area contributed by atoms with Gasteiger partial charge >= 0.3 is 11.9 Å². The predicted octanol–water partition coefficient (Wildman–Crippen LogP) is -0.223. The van der Waals surface area contributed by atoms with Gasteiger partial charge in [-0.25, -0.2) is 0 Å². The van der Waals surface area contributed by atoms with E-state index < -0.39 is 11.9 Å². The molecule has 0 amide bonds. The summed E-state index contributed by atoms with van der Waals surface area (Å²) in [5, 5.41) is 16.5. The third kappa shape index (κ3) is 7.01. The van der Waals surface area contributed by atoms with Gasteiger partial charge in [0.1, 0.15) is 0 Å². The Morgan fingerprint density at radius 3 is 2.42 bits per heavy atom. The first-order valence-corrected chi connectivity index (χ1v) is 3.65. The normalized spacial score (nSPS) is 9.42. The summed E-state index contributed by atoms with van der Waals surface area (Å²) in [4.78, 5) is 20.5. The summed E-state index contributed by atoms with van der Waals surface area (Å²) in [5.41, 5.74) is 0. The van der Waals surface area contributed by atoms with Crippen LogP contribution in [0.15, 0.2) is 0 Å². The first kappa shape index (κ1) is 10.9. The van der Waals surface area contributed by atoms with E-state index in [4.69, 9.17) is 10.2 Å². The number of aliphatic hydroxyl groups excluding tert-OH is 1. The third-order valence-corrected chi connectivity index (χ3v) is 1.11. The highest BCUT2D eigenvalue weighted by Gasteiger charge is 2.01. The lowest BCUT2D eigenvalue weighted by atomic mass is 10.3. The number of carboxylic acid groups (broad SMARTS) is 1. The number of rotatable bonds is 6. The van der Waals surface area contributed by atoms with E-state index in [1.807, 2.05) is 0 Å². The maximum atomic E-state index is 10.6. The zero-order valence-electron chi connectivity index (χ0n) is 6.65. The summed E-state index contributed by atoms with van der Waals surface area (Å²) < 4.78 is 4.57. The lowest BCUT2D eigenvalue weighted by Gasteiger charge is -2.01. The number of carbonyl (C=O) groups is 2. The molecule has 0 aliphatic rings. The zero-order valence-corrected chi connectivity index (χ0v) is 6.65. The van der Waals surface area contributed by atoms with Crippen LogP contribution in [0.1, 0.15) is 19.3 Å². The smallest absolute Gasteiger partial charge is 0.308 e. The van der Waals surface area contributed by atoms with Crippen LogP contribution >= 0.6 is 0 Å². The Labute approximate surface area is 70.0 Å². The molecule has 0 radical (unpaired) electrons. The van der Waals surface area contributed by atoms with E-state index in [-0.39, 0.29) is 26.1 Å². The molecule has 12 heavy (non-hydrogen) atoms. The third-order valence-electron chi connectivity index (χ3n) is 1.11. The van der Waals surface area contributed by atoms with E-state index in [0.717, 1.165) is 0 Å². The Balaban J connectivity index is 3.19. The van der Waals surface area contributed by atoms with Crippen molar-refractivity contribution in [3.8, 4) is 0 Å². The molecule has 0 bridgehead atoms. The second-order valence-corrected chi connectivity index (χ2v) is 2.19. The Kier molecular flexibility index (Phi) is 6.00. The maximum absolute atomic E-state index is 10.6. The summed E-state index contributed by atoms with van der Waals surface area (Å²) >= 11 is 0.